The summed E-state index contributed by atoms with van der Waals surface area (Å²) in [5, 5.41) is 0. The smallest absolute Gasteiger partial charge is 0.237 e. The van der Waals surface area contributed by atoms with Crippen LogP contribution in [0.1, 0.15) is 30.0 Å². The van der Waals surface area contributed by atoms with Crippen molar-refractivity contribution >= 4 is 5.91 Å². The van der Waals surface area contributed by atoms with Crippen molar-refractivity contribution in [1.82, 2.24) is 10.9 Å². The monoisotopic (exact) mass is 319 g/mol. The summed E-state index contributed by atoms with van der Waals surface area (Å²) in [6, 6.07) is 8.31. The van der Waals surface area contributed by atoms with Gasteiger partial charge in [-0.1, -0.05) is 24.3 Å². The molecular formula is C17H25N3O3. The van der Waals surface area contributed by atoms with Gasteiger partial charge in [-0.05, 0) is 29.9 Å². The molecule has 6 heteroatoms. The fourth-order valence-corrected chi connectivity index (χ4v) is 3.87. The summed E-state index contributed by atoms with van der Waals surface area (Å²) >= 11 is 0. The van der Waals surface area contributed by atoms with Crippen LogP contribution in [0.15, 0.2) is 24.3 Å². The molecule has 4 N–H and O–H groups in total. The number of hydrazine groups is 1. The first kappa shape index (κ1) is 16.4. The van der Waals surface area contributed by atoms with Gasteiger partial charge in [0.1, 0.15) is 0 Å². The highest BCUT2D eigenvalue weighted by Gasteiger charge is 2.47. The Labute approximate surface area is 136 Å². The van der Waals surface area contributed by atoms with E-state index < -0.39 is 0 Å². The van der Waals surface area contributed by atoms with Crippen LogP contribution in [0.2, 0.25) is 0 Å². The second-order valence-corrected chi connectivity index (χ2v) is 6.35. The summed E-state index contributed by atoms with van der Waals surface area (Å²) < 4.78 is 11.1. The van der Waals surface area contributed by atoms with E-state index in [4.69, 9.17) is 15.2 Å². The molecule has 0 spiro atoms. The van der Waals surface area contributed by atoms with Crippen LogP contribution in [0.5, 0.6) is 0 Å². The van der Waals surface area contributed by atoms with E-state index >= 15 is 0 Å². The highest BCUT2D eigenvalue weighted by Crippen LogP contribution is 2.42. The summed E-state index contributed by atoms with van der Waals surface area (Å²) in [6.45, 7) is 0.530. The number of ether oxygens (including phenoxy) is 2. The van der Waals surface area contributed by atoms with Crippen molar-refractivity contribution in [1.29, 1.82) is 0 Å². The van der Waals surface area contributed by atoms with Crippen molar-refractivity contribution in [3.63, 3.8) is 0 Å². The van der Waals surface area contributed by atoms with Gasteiger partial charge < -0.3 is 15.2 Å². The molecule has 1 heterocycles. The van der Waals surface area contributed by atoms with Crippen LogP contribution in [0, 0.1) is 11.8 Å². The number of amides is 1. The first-order valence-electron chi connectivity index (χ1n) is 8.07. The Bertz CT molecular complexity index is 549. The summed E-state index contributed by atoms with van der Waals surface area (Å²) in [4.78, 5) is 12.3. The lowest BCUT2D eigenvalue weighted by molar-refractivity contribution is -0.145. The van der Waals surface area contributed by atoms with Crippen molar-refractivity contribution < 1.29 is 14.3 Å². The molecule has 0 aromatic heterocycles. The predicted octanol–water partition coefficient (Wildman–Crippen LogP) is 0.877. The minimum absolute atomic E-state index is 0.0137. The Morgan fingerprint density at radius 1 is 1.13 bits per heavy atom. The van der Waals surface area contributed by atoms with Crippen LogP contribution in [-0.2, 0) is 20.8 Å². The summed E-state index contributed by atoms with van der Waals surface area (Å²) in [5.74, 6) is 0.164. The molecule has 1 saturated heterocycles. The van der Waals surface area contributed by atoms with E-state index in [9.17, 15) is 4.79 Å². The number of nitrogens with two attached hydrogens (primary N) is 1. The SMILES string of the molecule is COC1CC2C(=O)NNC(c3ccc(CN)cc3)C2CC1OC. The fraction of sp³-hybridized carbons (Fsp3) is 0.588. The number of methoxy groups -OCH3 is 2. The van der Waals surface area contributed by atoms with Gasteiger partial charge >= 0.3 is 0 Å². The molecular weight excluding hydrogens is 294 g/mol. The lowest BCUT2D eigenvalue weighted by atomic mass is 9.70. The number of nitrogens with one attached hydrogen (secondary N) is 2. The minimum atomic E-state index is -0.0632. The maximum absolute atomic E-state index is 12.3. The zero-order valence-electron chi connectivity index (χ0n) is 13.6. The van der Waals surface area contributed by atoms with E-state index in [1.807, 2.05) is 12.1 Å². The Hall–Kier alpha value is -1.47. The van der Waals surface area contributed by atoms with Gasteiger partial charge in [0.25, 0.3) is 0 Å². The Kier molecular flexibility index (Phi) is 4.96. The molecule has 23 heavy (non-hydrogen) atoms. The molecule has 3 rings (SSSR count). The van der Waals surface area contributed by atoms with Crippen molar-refractivity contribution in [2.75, 3.05) is 14.2 Å². The van der Waals surface area contributed by atoms with Gasteiger partial charge in [-0.3, -0.25) is 10.2 Å². The zero-order chi connectivity index (χ0) is 16.4. The van der Waals surface area contributed by atoms with Gasteiger partial charge in [-0.2, -0.15) is 0 Å². The number of benzene rings is 1. The third-order valence-electron chi connectivity index (χ3n) is 5.22. The standard InChI is InChI=1S/C17H25N3O3/c1-22-14-7-12-13(8-15(14)23-2)17(21)20-19-16(12)11-5-3-10(9-18)4-6-11/h3-6,12-16,19H,7-9,18H2,1-2H3,(H,20,21). The highest BCUT2D eigenvalue weighted by molar-refractivity contribution is 5.79. The van der Waals surface area contributed by atoms with E-state index in [2.05, 4.69) is 23.0 Å². The lowest BCUT2D eigenvalue weighted by Gasteiger charge is -2.46. The van der Waals surface area contributed by atoms with Crippen LogP contribution in [-0.4, -0.2) is 32.3 Å². The number of rotatable bonds is 4. The molecule has 1 amide bonds. The molecule has 1 saturated carbocycles. The van der Waals surface area contributed by atoms with E-state index in [0.29, 0.717) is 13.0 Å². The number of carbonyl (C=O) groups is 1. The molecule has 1 aromatic carbocycles. The van der Waals surface area contributed by atoms with Crippen molar-refractivity contribution in [3.8, 4) is 0 Å². The van der Waals surface area contributed by atoms with Crippen LogP contribution < -0.4 is 16.6 Å². The number of carbonyl (C=O) groups excluding carboxylic acids is 1. The Morgan fingerprint density at radius 2 is 1.78 bits per heavy atom. The van der Waals surface area contributed by atoms with Crippen molar-refractivity contribution in [2.45, 2.75) is 37.6 Å². The first-order valence-corrected chi connectivity index (χ1v) is 8.07. The third-order valence-corrected chi connectivity index (χ3v) is 5.22. The molecule has 5 unspecified atom stereocenters. The Morgan fingerprint density at radius 3 is 2.39 bits per heavy atom. The van der Waals surface area contributed by atoms with Gasteiger partial charge in [0.15, 0.2) is 0 Å². The van der Waals surface area contributed by atoms with Crippen molar-refractivity contribution in [3.05, 3.63) is 35.4 Å². The van der Waals surface area contributed by atoms with Gasteiger partial charge in [-0.25, -0.2) is 5.43 Å². The third kappa shape index (κ3) is 3.12. The molecule has 5 atom stereocenters. The number of hydrogen-bond donors (Lipinski definition) is 3. The summed E-state index contributed by atoms with van der Waals surface area (Å²) in [7, 11) is 3.39. The quantitative estimate of drug-likeness (QED) is 0.767. The molecule has 2 fully saturated rings. The normalized spacial score (nSPS) is 33.9. The zero-order valence-corrected chi connectivity index (χ0v) is 13.6. The van der Waals surface area contributed by atoms with Crippen LogP contribution in [0.3, 0.4) is 0 Å². The Balaban J connectivity index is 1.85. The molecule has 0 bridgehead atoms. The average molecular weight is 319 g/mol. The van der Waals surface area contributed by atoms with Crippen LogP contribution in [0.25, 0.3) is 0 Å². The fourth-order valence-electron chi connectivity index (χ4n) is 3.87. The first-order chi connectivity index (χ1) is 11.2. The van der Waals surface area contributed by atoms with E-state index in [1.54, 1.807) is 14.2 Å². The predicted molar refractivity (Wildman–Crippen MR) is 86.2 cm³/mol. The topological polar surface area (TPSA) is 85.6 Å². The minimum Gasteiger partial charge on any atom is -0.379 e. The molecule has 2 aliphatic rings. The second kappa shape index (κ2) is 6.97. The molecule has 6 nitrogen and oxygen atoms in total. The van der Waals surface area contributed by atoms with E-state index in [1.165, 1.54) is 0 Å². The highest BCUT2D eigenvalue weighted by atomic mass is 16.5. The summed E-state index contributed by atoms with van der Waals surface area (Å²) in [5.41, 5.74) is 13.9. The average Bonchev–Trinajstić information content (AvgIpc) is 2.61. The van der Waals surface area contributed by atoms with Crippen molar-refractivity contribution in [2.24, 2.45) is 17.6 Å². The van der Waals surface area contributed by atoms with E-state index in [0.717, 1.165) is 17.5 Å². The van der Waals surface area contributed by atoms with Crippen LogP contribution in [0.4, 0.5) is 0 Å². The number of hydrogen-bond acceptors (Lipinski definition) is 5. The van der Waals surface area contributed by atoms with Gasteiger partial charge in [0.2, 0.25) is 5.91 Å². The lowest BCUT2D eigenvalue weighted by Crippen LogP contribution is -2.58. The maximum Gasteiger partial charge on any atom is 0.237 e. The maximum atomic E-state index is 12.3. The van der Waals surface area contributed by atoms with Gasteiger partial charge in [0.05, 0.1) is 18.2 Å². The molecule has 0 radical (unpaired) electrons. The molecule has 126 valence electrons. The largest absolute Gasteiger partial charge is 0.379 e. The summed E-state index contributed by atoms with van der Waals surface area (Å²) in [6.07, 6.45) is 1.46. The molecule has 1 aliphatic carbocycles. The van der Waals surface area contributed by atoms with Gasteiger partial charge in [-0.15, -0.1) is 0 Å². The van der Waals surface area contributed by atoms with Crippen LogP contribution >= 0.6 is 0 Å². The van der Waals surface area contributed by atoms with Gasteiger partial charge in [0, 0.05) is 26.7 Å². The molecule has 1 aliphatic heterocycles. The van der Waals surface area contributed by atoms with E-state index in [-0.39, 0.29) is 36.0 Å². The molecule has 1 aromatic rings. The second-order valence-electron chi connectivity index (χ2n) is 6.35. The number of fused-ring (bicyclic) bond motifs is 1.